The molecule has 0 aliphatic carbocycles. The number of hydrogen-bond acceptors (Lipinski definition) is 5. The van der Waals surface area contributed by atoms with E-state index in [1.807, 2.05) is 31.0 Å². The van der Waals surface area contributed by atoms with Crippen LogP contribution in [0.2, 0.25) is 0 Å². The number of nitrogens with zero attached hydrogens (tertiary/aromatic N) is 5. The number of piperidine rings is 1. The lowest BCUT2D eigenvalue weighted by Crippen LogP contribution is -2.46. The summed E-state index contributed by atoms with van der Waals surface area (Å²) in [5.74, 6) is 0.355. The maximum Gasteiger partial charge on any atom is 0.407 e. The van der Waals surface area contributed by atoms with Gasteiger partial charge in [-0.1, -0.05) is 30.3 Å². The maximum absolute atomic E-state index is 13.1. The molecule has 0 spiro atoms. The summed E-state index contributed by atoms with van der Waals surface area (Å²) in [6, 6.07) is 10.6. The van der Waals surface area contributed by atoms with Crippen molar-refractivity contribution >= 4 is 12.0 Å². The Balaban J connectivity index is 1.24. The molecule has 35 heavy (non-hydrogen) atoms. The van der Waals surface area contributed by atoms with Crippen LogP contribution in [-0.4, -0.2) is 81.0 Å². The zero-order valence-corrected chi connectivity index (χ0v) is 20.5. The average Bonchev–Trinajstić information content (AvgIpc) is 3.42. The Hall–Kier alpha value is -3.26. The molecule has 3 aliphatic heterocycles. The van der Waals surface area contributed by atoms with Crippen molar-refractivity contribution in [1.29, 1.82) is 0 Å². The Morgan fingerprint density at radius 2 is 1.74 bits per heavy atom. The normalized spacial score (nSPS) is 21.7. The number of benzene rings is 1. The molecule has 8 heteroatoms. The van der Waals surface area contributed by atoms with E-state index in [2.05, 4.69) is 39.1 Å². The van der Waals surface area contributed by atoms with Gasteiger partial charge in [0.1, 0.15) is 6.33 Å². The summed E-state index contributed by atoms with van der Waals surface area (Å²) in [6.45, 7) is 8.38. The van der Waals surface area contributed by atoms with Gasteiger partial charge in [-0.15, -0.1) is 0 Å². The van der Waals surface area contributed by atoms with Gasteiger partial charge in [0.25, 0.3) is 5.91 Å². The van der Waals surface area contributed by atoms with Crippen molar-refractivity contribution in [3.05, 3.63) is 70.9 Å². The number of aromatic nitrogens is 2. The van der Waals surface area contributed by atoms with Crippen molar-refractivity contribution in [2.45, 2.75) is 38.5 Å². The highest BCUT2D eigenvalue weighted by atomic mass is 16.4. The van der Waals surface area contributed by atoms with Crippen LogP contribution in [0.5, 0.6) is 0 Å². The number of rotatable bonds is 5. The number of aryl methyl sites for hydroxylation is 2. The van der Waals surface area contributed by atoms with Gasteiger partial charge in [-0.3, -0.25) is 9.69 Å². The van der Waals surface area contributed by atoms with E-state index >= 15 is 0 Å². The first-order valence-electron chi connectivity index (χ1n) is 12.4. The van der Waals surface area contributed by atoms with Gasteiger partial charge in [0.15, 0.2) is 0 Å². The molecule has 3 aliphatic rings. The quantitative estimate of drug-likeness (QED) is 0.712. The van der Waals surface area contributed by atoms with Crippen LogP contribution >= 0.6 is 0 Å². The minimum absolute atomic E-state index is 0.00363. The van der Waals surface area contributed by atoms with Crippen molar-refractivity contribution in [2.24, 2.45) is 5.92 Å². The van der Waals surface area contributed by atoms with Gasteiger partial charge in [-0.25, -0.2) is 14.8 Å². The minimum Gasteiger partial charge on any atom is -0.465 e. The Kier molecular flexibility index (Phi) is 6.32. The maximum atomic E-state index is 13.1. The molecule has 5 rings (SSSR count). The van der Waals surface area contributed by atoms with Crippen LogP contribution in [0.3, 0.4) is 0 Å². The number of hydrogen-bond donors (Lipinski definition) is 1. The highest BCUT2D eigenvalue weighted by Gasteiger charge is 2.40. The van der Waals surface area contributed by atoms with Crippen molar-refractivity contribution in [1.82, 2.24) is 24.7 Å². The van der Waals surface area contributed by atoms with Crippen molar-refractivity contribution in [3.8, 4) is 0 Å². The largest absolute Gasteiger partial charge is 0.465 e. The topological polar surface area (TPSA) is 89.9 Å². The third-order valence-corrected chi connectivity index (χ3v) is 8.13. The van der Waals surface area contributed by atoms with E-state index in [4.69, 9.17) is 0 Å². The van der Waals surface area contributed by atoms with E-state index in [1.165, 1.54) is 17.5 Å². The number of carboxylic acid groups (broad SMARTS) is 1. The predicted molar refractivity (Wildman–Crippen MR) is 132 cm³/mol. The van der Waals surface area contributed by atoms with Gasteiger partial charge < -0.3 is 14.9 Å². The third-order valence-electron chi connectivity index (χ3n) is 8.13. The van der Waals surface area contributed by atoms with Crippen molar-refractivity contribution < 1.29 is 14.7 Å². The number of carbonyl (C=O) groups is 2. The molecule has 1 atom stereocenters. The molecule has 2 saturated heterocycles. The van der Waals surface area contributed by atoms with Crippen LogP contribution in [0.25, 0.3) is 0 Å². The fourth-order valence-corrected chi connectivity index (χ4v) is 6.02. The van der Waals surface area contributed by atoms with Gasteiger partial charge in [0, 0.05) is 44.8 Å². The first-order chi connectivity index (χ1) is 16.9. The zero-order chi connectivity index (χ0) is 24.6. The minimum atomic E-state index is -0.822. The van der Waals surface area contributed by atoms with Crippen molar-refractivity contribution in [3.63, 3.8) is 0 Å². The lowest BCUT2D eigenvalue weighted by atomic mass is 9.70. The average molecular weight is 476 g/mol. The second-order valence-corrected chi connectivity index (χ2v) is 10.2. The molecule has 1 aromatic heterocycles. The molecule has 4 heterocycles. The van der Waals surface area contributed by atoms with Crippen LogP contribution in [0.4, 0.5) is 4.79 Å². The molecule has 0 bridgehead atoms. The van der Waals surface area contributed by atoms with Crippen LogP contribution in [0.1, 0.15) is 46.6 Å². The standard InChI is InChI=1S/C27H33N5O3/c1-19-24(20(2)29-18-28-19)25(33)32-16-21-14-30(15-22(21)17-32)11-8-27(23-6-4-3-5-7-23)9-12-31(13-10-27)26(34)35/h3-7,16,18,22H,8-15,17H2,1-2H3,(H,34,35). The predicted octanol–water partition coefficient (Wildman–Crippen LogP) is 3.47. The molecule has 0 saturated carbocycles. The Morgan fingerprint density at radius 1 is 1.06 bits per heavy atom. The third kappa shape index (κ3) is 4.55. The highest BCUT2D eigenvalue weighted by Crippen LogP contribution is 2.40. The van der Waals surface area contributed by atoms with E-state index < -0.39 is 6.09 Å². The Morgan fingerprint density at radius 3 is 2.37 bits per heavy atom. The fourth-order valence-electron chi connectivity index (χ4n) is 6.02. The molecular weight excluding hydrogens is 442 g/mol. The number of amides is 2. The summed E-state index contributed by atoms with van der Waals surface area (Å²) in [6.07, 6.45) is 5.43. The summed E-state index contributed by atoms with van der Waals surface area (Å²) in [7, 11) is 0. The second kappa shape index (κ2) is 9.41. The lowest BCUT2D eigenvalue weighted by molar-refractivity contribution is 0.0817. The van der Waals surface area contributed by atoms with Crippen LogP contribution in [0, 0.1) is 19.8 Å². The van der Waals surface area contributed by atoms with E-state index in [0.717, 1.165) is 50.3 Å². The van der Waals surface area contributed by atoms with E-state index in [9.17, 15) is 14.7 Å². The molecule has 1 unspecified atom stereocenters. The van der Waals surface area contributed by atoms with Crippen molar-refractivity contribution in [2.75, 3.05) is 39.3 Å². The lowest BCUT2D eigenvalue weighted by Gasteiger charge is -2.42. The summed E-state index contributed by atoms with van der Waals surface area (Å²) in [4.78, 5) is 38.9. The Bertz CT molecular complexity index is 1120. The molecule has 184 valence electrons. The summed E-state index contributed by atoms with van der Waals surface area (Å²) < 4.78 is 0. The molecule has 1 aromatic carbocycles. The van der Waals surface area contributed by atoms with Crippen LogP contribution in [0.15, 0.2) is 48.4 Å². The van der Waals surface area contributed by atoms with Gasteiger partial charge in [0.2, 0.25) is 0 Å². The number of carbonyl (C=O) groups excluding carboxylic acids is 1. The molecule has 0 radical (unpaired) electrons. The zero-order valence-electron chi connectivity index (χ0n) is 20.5. The van der Waals surface area contributed by atoms with Gasteiger partial charge >= 0.3 is 6.09 Å². The molecule has 8 nitrogen and oxygen atoms in total. The Labute approximate surface area is 206 Å². The summed E-state index contributed by atoms with van der Waals surface area (Å²) in [5, 5.41) is 9.41. The van der Waals surface area contributed by atoms with Gasteiger partial charge in [-0.05, 0) is 56.2 Å². The van der Waals surface area contributed by atoms with Gasteiger partial charge in [-0.2, -0.15) is 0 Å². The molecule has 2 aromatic rings. The molecular formula is C27H33N5O3. The first-order valence-corrected chi connectivity index (χ1v) is 12.4. The SMILES string of the molecule is Cc1ncnc(C)c1C(=O)N1C=C2CN(CCC3(c4ccccc4)CCN(C(=O)O)CC3)CC2C1. The number of fused-ring (bicyclic) bond motifs is 1. The summed E-state index contributed by atoms with van der Waals surface area (Å²) >= 11 is 0. The van der Waals surface area contributed by atoms with Crippen LogP contribution < -0.4 is 0 Å². The van der Waals surface area contributed by atoms with E-state index in [0.29, 0.717) is 31.1 Å². The highest BCUT2D eigenvalue weighted by molar-refractivity contribution is 5.97. The van der Waals surface area contributed by atoms with Crippen LogP contribution in [-0.2, 0) is 5.41 Å². The second-order valence-electron chi connectivity index (χ2n) is 10.2. The summed E-state index contributed by atoms with van der Waals surface area (Å²) in [5.41, 5.74) is 4.69. The molecule has 2 amide bonds. The van der Waals surface area contributed by atoms with Gasteiger partial charge in [0.05, 0.1) is 17.0 Å². The molecule has 2 fully saturated rings. The number of likely N-dealkylation sites (tertiary alicyclic amines) is 2. The smallest absolute Gasteiger partial charge is 0.407 e. The monoisotopic (exact) mass is 475 g/mol. The van der Waals surface area contributed by atoms with E-state index in [-0.39, 0.29) is 11.3 Å². The van der Waals surface area contributed by atoms with E-state index in [1.54, 1.807) is 4.90 Å². The molecule has 1 N–H and O–H groups in total. The fraction of sp³-hybridized carbons (Fsp3) is 0.481. The first kappa shape index (κ1) is 23.5.